The van der Waals surface area contributed by atoms with Crippen molar-refractivity contribution >= 4 is 10.9 Å². The summed E-state index contributed by atoms with van der Waals surface area (Å²) in [6, 6.07) is 8.62. The zero-order valence-corrected chi connectivity index (χ0v) is 10.9. The third kappa shape index (κ3) is 2.01. The lowest BCUT2D eigenvalue weighted by atomic mass is 9.78. The summed E-state index contributed by atoms with van der Waals surface area (Å²) < 4.78 is 0. The second-order valence-electron chi connectivity index (χ2n) is 5.64. The lowest BCUT2D eigenvalue weighted by molar-refractivity contribution is 0.302. The quantitative estimate of drug-likeness (QED) is 0.826. The molecule has 0 bridgehead atoms. The minimum absolute atomic E-state index is 0.150. The number of nitrogens with zero attached hydrogens (tertiary/aromatic N) is 1. The fourth-order valence-electron chi connectivity index (χ4n) is 2.99. The molecule has 1 saturated carbocycles. The summed E-state index contributed by atoms with van der Waals surface area (Å²) in [6.07, 6.45) is 7.95. The Bertz CT molecular complexity index is 568. The SMILES string of the molecule is Cc1ccc2ncc(C3(N)CCCCC3)cc2c1. The Morgan fingerprint density at radius 3 is 2.67 bits per heavy atom. The van der Waals surface area contributed by atoms with Gasteiger partial charge in [-0.2, -0.15) is 0 Å². The molecule has 1 aliphatic rings. The highest BCUT2D eigenvalue weighted by molar-refractivity contribution is 5.79. The van der Waals surface area contributed by atoms with Gasteiger partial charge in [-0.25, -0.2) is 0 Å². The minimum Gasteiger partial charge on any atom is -0.321 e. The van der Waals surface area contributed by atoms with Crippen molar-refractivity contribution in [1.29, 1.82) is 0 Å². The average molecular weight is 240 g/mol. The summed E-state index contributed by atoms with van der Waals surface area (Å²) in [7, 11) is 0. The van der Waals surface area contributed by atoms with Crippen LogP contribution in [0.15, 0.2) is 30.5 Å². The van der Waals surface area contributed by atoms with E-state index in [2.05, 4.69) is 36.2 Å². The minimum atomic E-state index is -0.150. The maximum Gasteiger partial charge on any atom is 0.0702 e. The molecular weight excluding hydrogens is 220 g/mol. The van der Waals surface area contributed by atoms with Crippen LogP contribution in [0, 0.1) is 6.92 Å². The van der Waals surface area contributed by atoms with Gasteiger partial charge >= 0.3 is 0 Å². The molecule has 0 amide bonds. The molecule has 0 saturated heterocycles. The molecule has 2 aromatic rings. The molecule has 1 aromatic heterocycles. The van der Waals surface area contributed by atoms with Gasteiger partial charge in [0.15, 0.2) is 0 Å². The van der Waals surface area contributed by atoms with Crippen LogP contribution in [-0.4, -0.2) is 4.98 Å². The number of hydrogen-bond donors (Lipinski definition) is 1. The molecule has 0 radical (unpaired) electrons. The lowest BCUT2D eigenvalue weighted by Crippen LogP contribution is -2.38. The largest absolute Gasteiger partial charge is 0.321 e. The van der Waals surface area contributed by atoms with Gasteiger partial charge in [-0.15, -0.1) is 0 Å². The molecule has 1 aliphatic carbocycles. The van der Waals surface area contributed by atoms with E-state index in [-0.39, 0.29) is 5.54 Å². The number of hydrogen-bond acceptors (Lipinski definition) is 2. The smallest absolute Gasteiger partial charge is 0.0702 e. The molecule has 2 nitrogen and oxygen atoms in total. The van der Waals surface area contributed by atoms with Crippen molar-refractivity contribution < 1.29 is 0 Å². The molecule has 0 aliphatic heterocycles. The lowest BCUT2D eigenvalue weighted by Gasteiger charge is -2.33. The summed E-state index contributed by atoms with van der Waals surface area (Å²) in [5.41, 5.74) is 9.96. The third-order valence-corrected chi connectivity index (χ3v) is 4.16. The predicted octanol–water partition coefficient (Wildman–Crippen LogP) is 3.66. The number of rotatable bonds is 1. The Labute approximate surface area is 108 Å². The van der Waals surface area contributed by atoms with Crippen LogP contribution in [0.1, 0.15) is 43.2 Å². The molecule has 2 heteroatoms. The van der Waals surface area contributed by atoms with Gasteiger partial charge in [0.1, 0.15) is 0 Å². The van der Waals surface area contributed by atoms with E-state index in [9.17, 15) is 0 Å². The van der Waals surface area contributed by atoms with Crippen LogP contribution >= 0.6 is 0 Å². The first-order valence-electron chi connectivity index (χ1n) is 6.83. The van der Waals surface area contributed by atoms with E-state index in [1.165, 1.54) is 35.8 Å². The van der Waals surface area contributed by atoms with Crippen LogP contribution < -0.4 is 5.73 Å². The van der Waals surface area contributed by atoms with Crippen LogP contribution in [0.3, 0.4) is 0 Å². The Kier molecular flexibility index (Phi) is 2.83. The summed E-state index contributed by atoms with van der Waals surface area (Å²) in [6.45, 7) is 2.12. The standard InChI is InChI=1S/C16H20N2/c1-12-5-6-15-13(9-12)10-14(11-18-15)16(17)7-3-2-4-8-16/h5-6,9-11H,2-4,7-8,17H2,1H3. The summed E-state index contributed by atoms with van der Waals surface area (Å²) in [4.78, 5) is 4.56. The van der Waals surface area contributed by atoms with Gasteiger partial charge in [-0.1, -0.05) is 30.9 Å². The molecular formula is C16H20N2. The Morgan fingerprint density at radius 1 is 1.11 bits per heavy atom. The van der Waals surface area contributed by atoms with Gasteiger partial charge in [0, 0.05) is 17.1 Å². The molecule has 0 spiro atoms. The van der Waals surface area contributed by atoms with Crippen molar-refractivity contribution in [2.75, 3.05) is 0 Å². The van der Waals surface area contributed by atoms with E-state index in [0.717, 1.165) is 18.4 Å². The number of pyridine rings is 1. The number of nitrogens with two attached hydrogens (primary N) is 1. The summed E-state index contributed by atoms with van der Waals surface area (Å²) in [5, 5.41) is 1.21. The molecule has 18 heavy (non-hydrogen) atoms. The van der Waals surface area contributed by atoms with Crippen LogP contribution in [0.5, 0.6) is 0 Å². The maximum absolute atomic E-state index is 6.57. The van der Waals surface area contributed by atoms with Crippen molar-refractivity contribution in [3.05, 3.63) is 41.6 Å². The molecule has 1 fully saturated rings. The van der Waals surface area contributed by atoms with Crippen molar-refractivity contribution in [2.24, 2.45) is 5.73 Å². The zero-order chi connectivity index (χ0) is 12.6. The van der Waals surface area contributed by atoms with Crippen LogP contribution in [0.2, 0.25) is 0 Å². The van der Waals surface area contributed by atoms with Gasteiger partial charge in [0.05, 0.1) is 5.52 Å². The van der Waals surface area contributed by atoms with Crippen molar-refractivity contribution in [1.82, 2.24) is 4.98 Å². The van der Waals surface area contributed by atoms with E-state index in [4.69, 9.17) is 5.73 Å². The first-order valence-corrected chi connectivity index (χ1v) is 6.83. The van der Waals surface area contributed by atoms with E-state index < -0.39 is 0 Å². The molecule has 2 N–H and O–H groups in total. The highest BCUT2D eigenvalue weighted by Crippen LogP contribution is 2.35. The van der Waals surface area contributed by atoms with Gasteiger partial charge < -0.3 is 5.73 Å². The molecule has 3 rings (SSSR count). The fourth-order valence-corrected chi connectivity index (χ4v) is 2.99. The number of aryl methyl sites for hydroxylation is 1. The topological polar surface area (TPSA) is 38.9 Å². The Hall–Kier alpha value is -1.41. The van der Waals surface area contributed by atoms with Crippen molar-refractivity contribution in [3.63, 3.8) is 0 Å². The second-order valence-corrected chi connectivity index (χ2v) is 5.64. The average Bonchev–Trinajstić information content (AvgIpc) is 2.38. The molecule has 94 valence electrons. The van der Waals surface area contributed by atoms with Gasteiger partial charge in [0.25, 0.3) is 0 Å². The highest BCUT2D eigenvalue weighted by Gasteiger charge is 2.29. The fraction of sp³-hybridized carbons (Fsp3) is 0.438. The molecule has 0 unspecified atom stereocenters. The Balaban J connectivity index is 2.06. The van der Waals surface area contributed by atoms with E-state index in [0.29, 0.717) is 0 Å². The monoisotopic (exact) mass is 240 g/mol. The zero-order valence-electron chi connectivity index (χ0n) is 10.9. The first kappa shape index (κ1) is 11.7. The number of benzene rings is 1. The van der Waals surface area contributed by atoms with E-state index in [1.807, 2.05) is 6.20 Å². The summed E-state index contributed by atoms with van der Waals surface area (Å²) >= 11 is 0. The van der Waals surface area contributed by atoms with Gasteiger partial charge in [0.2, 0.25) is 0 Å². The van der Waals surface area contributed by atoms with Crippen molar-refractivity contribution in [3.8, 4) is 0 Å². The molecule has 0 atom stereocenters. The normalized spacial score (nSPS) is 19.0. The van der Waals surface area contributed by atoms with Crippen molar-refractivity contribution in [2.45, 2.75) is 44.6 Å². The second kappa shape index (κ2) is 4.36. The number of aromatic nitrogens is 1. The Morgan fingerprint density at radius 2 is 1.89 bits per heavy atom. The first-order chi connectivity index (χ1) is 8.67. The third-order valence-electron chi connectivity index (χ3n) is 4.16. The predicted molar refractivity (Wildman–Crippen MR) is 75.4 cm³/mol. The van der Waals surface area contributed by atoms with Gasteiger partial charge in [-0.3, -0.25) is 4.98 Å². The highest BCUT2D eigenvalue weighted by atomic mass is 14.8. The van der Waals surface area contributed by atoms with Crippen LogP contribution in [0.25, 0.3) is 10.9 Å². The van der Waals surface area contributed by atoms with E-state index in [1.54, 1.807) is 0 Å². The van der Waals surface area contributed by atoms with Crippen LogP contribution in [0.4, 0.5) is 0 Å². The van der Waals surface area contributed by atoms with Gasteiger partial charge in [-0.05, 0) is 43.5 Å². The van der Waals surface area contributed by atoms with E-state index >= 15 is 0 Å². The van der Waals surface area contributed by atoms with Crippen LogP contribution in [-0.2, 0) is 5.54 Å². The maximum atomic E-state index is 6.57. The molecule has 1 heterocycles. The summed E-state index contributed by atoms with van der Waals surface area (Å²) in [5.74, 6) is 0. The molecule has 1 aromatic carbocycles. The number of fused-ring (bicyclic) bond motifs is 1.